The number of rotatable bonds is 9. The third kappa shape index (κ3) is 6.81. The van der Waals surface area contributed by atoms with Gasteiger partial charge >= 0.3 is 0 Å². The Labute approximate surface area is 209 Å². The second-order valence-electron chi connectivity index (χ2n) is 7.69. The number of halogens is 1. The van der Waals surface area contributed by atoms with Crippen LogP contribution in [0.15, 0.2) is 78.9 Å². The van der Waals surface area contributed by atoms with Gasteiger partial charge in [-0.2, -0.15) is 0 Å². The minimum absolute atomic E-state index is 0.207. The highest BCUT2D eigenvalue weighted by molar-refractivity contribution is 6.30. The van der Waals surface area contributed by atoms with Gasteiger partial charge in [0, 0.05) is 42.2 Å². The number of hydrogen-bond donors (Lipinski definition) is 1. The van der Waals surface area contributed by atoms with Crippen LogP contribution in [0.25, 0.3) is 0 Å². The Bertz CT molecular complexity index is 1190. The van der Waals surface area contributed by atoms with Crippen molar-refractivity contribution < 1.29 is 19.1 Å². The summed E-state index contributed by atoms with van der Waals surface area (Å²) in [7, 11) is 3.27. The first-order valence-electron chi connectivity index (χ1n) is 10.9. The molecule has 8 nitrogen and oxygen atoms in total. The summed E-state index contributed by atoms with van der Waals surface area (Å²) in [6, 6.07) is 22.7. The zero-order chi connectivity index (χ0) is 25.4. The lowest BCUT2D eigenvalue weighted by atomic mass is 10.2. The number of hydrogen-bond acceptors (Lipinski definition) is 5. The first-order valence-corrected chi connectivity index (χ1v) is 11.2. The molecule has 182 valence electrons. The predicted molar refractivity (Wildman–Crippen MR) is 138 cm³/mol. The molecule has 0 radical (unpaired) electrons. The van der Waals surface area contributed by atoms with Crippen LogP contribution < -0.4 is 25.2 Å². The Morgan fingerprint density at radius 2 is 1.40 bits per heavy atom. The van der Waals surface area contributed by atoms with Gasteiger partial charge < -0.3 is 25.2 Å². The molecule has 0 spiro atoms. The fourth-order valence-electron chi connectivity index (χ4n) is 3.28. The Kier molecular flexibility index (Phi) is 8.83. The Morgan fingerprint density at radius 3 is 2.09 bits per heavy atom. The maximum absolute atomic E-state index is 12.9. The average molecular weight is 495 g/mol. The van der Waals surface area contributed by atoms with Crippen LogP contribution >= 0.6 is 11.6 Å². The van der Waals surface area contributed by atoms with Crippen LogP contribution in [0.5, 0.6) is 5.75 Å². The number of benzene rings is 3. The fourth-order valence-corrected chi connectivity index (χ4v) is 3.47. The smallest absolute Gasteiger partial charge is 0.264 e. The lowest BCUT2D eigenvalue weighted by Gasteiger charge is -2.25. The van der Waals surface area contributed by atoms with E-state index in [9.17, 15) is 14.4 Å². The van der Waals surface area contributed by atoms with E-state index in [0.29, 0.717) is 27.8 Å². The minimum atomic E-state index is -0.422. The molecule has 0 fully saturated rings. The van der Waals surface area contributed by atoms with Crippen molar-refractivity contribution >= 4 is 46.4 Å². The van der Waals surface area contributed by atoms with Crippen molar-refractivity contribution in [3.8, 4) is 5.75 Å². The number of likely N-dealkylation sites (N-methyl/N-ethyl adjacent to an activating group) is 2. The van der Waals surface area contributed by atoms with Gasteiger partial charge in [-0.05, 0) is 42.5 Å². The summed E-state index contributed by atoms with van der Waals surface area (Å²) >= 11 is 6.00. The largest absolute Gasteiger partial charge is 0.484 e. The van der Waals surface area contributed by atoms with Gasteiger partial charge in [0.15, 0.2) is 6.61 Å². The second-order valence-corrected chi connectivity index (χ2v) is 8.13. The van der Waals surface area contributed by atoms with Crippen molar-refractivity contribution in [3.63, 3.8) is 0 Å². The Hall–Kier alpha value is -3.88. The molecule has 0 bridgehead atoms. The van der Waals surface area contributed by atoms with Crippen molar-refractivity contribution in [1.29, 1.82) is 0 Å². The maximum Gasteiger partial charge on any atom is 0.264 e. The second kappa shape index (κ2) is 12.0. The van der Waals surface area contributed by atoms with E-state index in [-0.39, 0.29) is 31.5 Å². The summed E-state index contributed by atoms with van der Waals surface area (Å²) in [5.74, 6) is -0.627. The lowest BCUT2D eigenvalue weighted by molar-refractivity contribution is -0.121. The van der Waals surface area contributed by atoms with Crippen LogP contribution in [0.1, 0.15) is 0 Å². The molecule has 3 amide bonds. The highest BCUT2D eigenvalue weighted by Crippen LogP contribution is 2.23. The predicted octanol–water partition coefficient (Wildman–Crippen LogP) is 3.34. The van der Waals surface area contributed by atoms with Gasteiger partial charge in [-0.1, -0.05) is 41.9 Å². The van der Waals surface area contributed by atoms with Gasteiger partial charge in [0.2, 0.25) is 11.8 Å². The van der Waals surface area contributed by atoms with Crippen LogP contribution in [0.2, 0.25) is 5.02 Å². The summed E-state index contributed by atoms with van der Waals surface area (Å²) in [6.07, 6.45) is 0. The number of nitrogens with zero attached hydrogens (tertiary/aromatic N) is 3. The first-order chi connectivity index (χ1) is 16.8. The molecule has 2 N–H and O–H groups in total. The molecular formula is C26H27ClN4O4. The third-order valence-electron chi connectivity index (χ3n) is 5.35. The molecule has 35 heavy (non-hydrogen) atoms. The molecule has 0 atom stereocenters. The fraction of sp³-hybridized carbons (Fsp3) is 0.192. The van der Waals surface area contributed by atoms with E-state index in [4.69, 9.17) is 22.1 Å². The topological polar surface area (TPSA) is 96.2 Å². The molecule has 9 heteroatoms. The number of carbonyl (C=O) groups is 3. The number of ether oxygens (including phenoxy) is 1. The van der Waals surface area contributed by atoms with Gasteiger partial charge in [-0.15, -0.1) is 0 Å². The van der Waals surface area contributed by atoms with E-state index in [1.165, 1.54) is 14.7 Å². The monoisotopic (exact) mass is 494 g/mol. The van der Waals surface area contributed by atoms with Crippen molar-refractivity contribution in [1.82, 2.24) is 0 Å². The van der Waals surface area contributed by atoms with Crippen molar-refractivity contribution in [3.05, 3.63) is 83.9 Å². The van der Waals surface area contributed by atoms with E-state index >= 15 is 0 Å². The minimum Gasteiger partial charge on any atom is -0.484 e. The molecule has 3 aromatic carbocycles. The van der Waals surface area contributed by atoms with E-state index < -0.39 is 5.91 Å². The molecule has 0 aliphatic heterocycles. The molecule has 0 saturated heterocycles. The van der Waals surface area contributed by atoms with Gasteiger partial charge in [0.1, 0.15) is 12.3 Å². The van der Waals surface area contributed by atoms with E-state index in [0.717, 1.165) is 0 Å². The number of anilines is 3. The van der Waals surface area contributed by atoms with E-state index in [1.807, 2.05) is 18.2 Å². The van der Waals surface area contributed by atoms with E-state index in [1.54, 1.807) is 74.8 Å². The standard InChI is InChI=1S/C26H27ClN4O4/c1-29(20-9-4-3-5-10-20)25(33)17-31(24(32)16-28)22-12-7-13-23(15-22)35-18-26(34)30(2)21-11-6-8-19(27)14-21/h3-15H,16-18,28H2,1-2H3. The molecule has 0 heterocycles. The number of carbonyl (C=O) groups excluding carboxylic acids is 3. The van der Waals surface area contributed by atoms with Crippen LogP contribution in [0, 0.1) is 0 Å². The summed E-state index contributed by atoms with van der Waals surface area (Å²) in [4.78, 5) is 42.3. The lowest BCUT2D eigenvalue weighted by Crippen LogP contribution is -2.44. The maximum atomic E-state index is 12.9. The molecule has 3 rings (SSSR count). The summed E-state index contributed by atoms with van der Waals surface area (Å²) < 4.78 is 5.68. The van der Waals surface area contributed by atoms with Crippen molar-refractivity contribution in [2.24, 2.45) is 5.73 Å². The summed E-state index contributed by atoms with van der Waals surface area (Å²) in [5.41, 5.74) is 7.38. The van der Waals surface area contributed by atoms with Crippen LogP contribution in [0.4, 0.5) is 17.1 Å². The summed E-state index contributed by atoms with van der Waals surface area (Å²) in [5, 5.41) is 0.521. The Balaban J connectivity index is 1.70. The number of para-hydroxylation sites is 1. The van der Waals surface area contributed by atoms with Gasteiger partial charge in [-0.25, -0.2) is 0 Å². The van der Waals surface area contributed by atoms with Gasteiger partial charge in [-0.3, -0.25) is 14.4 Å². The van der Waals surface area contributed by atoms with Gasteiger partial charge in [0.25, 0.3) is 5.91 Å². The average Bonchev–Trinajstić information content (AvgIpc) is 2.89. The number of nitrogens with two attached hydrogens (primary N) is 1. The van der Waals surface area contributed by atoms with Crippen LogP contribution in [0.3, 0.4) is 0 Å². The molecule has 0 saturated carbocycles. The van der Waals surface area contributed by atoms with Crippen LogP contribution in [-0.2, 0) is 14.4 Å². The first kappa shape index (κ1) is 25.7. The van der Waals surface area contributed by atoms with Crippen molar-refractivity contribution in [2.45, 2.75) is 0 Å². The highest BCUT2D eigenvalue weighted by Gasteiger charge is 2.21. The quantitative estimate of drug-likeness (QED) is 0.492. The van der Waals surface area contributed by atoms with Crippen LogP contribution in [-0.4, -0.2) is 51.5 Å². The molecular weight excluding hydrogens is 468 g/mol. The molecule has 0 aliphatic rings. The van der Waals surface area contributed by atoms with Crippen molar-refractivity contribution in [2.75, 3.05) is 48.5 Å². The zero-order valence-electron chi connectivity index (χ0n) is 19.6. The molecule has 0 aliphatic carbocycles. The Morgan fingerprint density at radius 1 is 0.771 bits per heavy atom. The summed E-state index contributed by atoms with van der Waals surface area (Å²) in [6.45, 7) is -0.704. The van der Waals surface area contributed by atoms with E-state index in [2.05, 4.69) is 0 Å². The normalized spacial score (nSPS) is 10.4. The molecule has 0 unspecified atom stereocenters. The number of amides is 3. The third-order valence-corrected chi connectivity index (χ3v) is 5.58. The zero-order valence-corrected chi connectivity index (χ0v) is 20.3. The van der Waals surface area contributed by atoms with Gasteiger partial charge in [0.05, 0.1) is 6.54 Å². The SMILES string of the molecule is CN(C(=O)COc1cccc(N(CC(=O)N(C)c2ccccc2)C(=O)CN)c1)c1cccc(Cl)c1. The molecule has 3 aromatic rings. The molecule has 0 aromatic heterocycles. The highest BCUT2D eigenvalue weighted by atomic mass is 35.5.